The third-order valence-corrected chi connectivity index (χ3v) is 4.41. The topological polar surface area (TPSA) is 95.5 Å². The van der Waals surface area contributed by atoms with Gasteiger partial charge in [0.2, 0.25) is 11.8 Å². The van der Waals surface area contributed by atoms with Gasteiger partial charge in [-0.1, -0.05) is 17.7 Å². The Labute approximate surface area is 139 Å². The van der Waals surface area contributed by atoms with E-state index < -0.39 is 12.0 Å². The molecule has 1 aliphatic carbocycles. The molecule has 124 valence electrons. The predicted octanol–water partition coefficient (Wildman–Crippen LogP) is 1.65. The van der Waals surface area contributed by atoms with Gasteiger partial charge in [-0.2, -0.15) is 0 Å². The van der Waals surface area contributed by atoms with Crippen LogP contribution in [0.1, 0.15) is 18.4 Å². The van der Waals surface area contributed by atoms with E-state index in [0.29, 0.717) is 5.69 Å². The summed E-state index contributed by atoms with van der Waals surface area (Å²) in [6.45, 7) is 1.96. The normalized spacial score (nSPS) is 14.8. The lowest BCUT2D eigenvalue weighted by Crippen LogP contribution is -2.43. The van der Waals surface area contributed by atoms with Crippen LogP contribution in [0.2, 0.25) is 0 Å². The summed E-state index contributed by atoms with van der Waals surface area (Å²) in [5.41, 5.74) is 1.82. The van der Waals surface area contributed by atoms with Crippen LogP contribution in [0.3, 0.4) is 0 Å². The van der Waals surface area contributed by atoms with Crippen molar-refractivity contribution >= 4 is 35.2 Å². The number of carboxylic acids is 1. The quantitative estimate of drug-likeness (QED) is 0.671. The number of carboxylic acid groups (broad SMARTS) is 1. The Morgan fingerprint density at radius 2 is 1.78 bits per heavy atom. The lowest BCUT2D eigenvalue weighted by Gasteiger charge is -2.13. The number of thioether (sulfide) groups is 1. The molecule has 0 spiro atoms. The number of rotatable bonds is 8. The highest BCUT2D eigenvalue weighted by Gasteiger charge is 2.37. The van der Waals surface area contributed by atoms with Gasteiger partial charge in [-0.3, -0.25) is 9.59 Å². The first-order valence-corrected chi connectivity index (χ1v) is 8.57. The predicted molar refractivity (Wildman–Crippen MR) is 89.4 cm³/mol. The van der Waals surface area contributed by atoms with Gasteiger partial charge >= 0.3 is 5.97 Å². The zero-order chi connectivity index (χ0) is 16.8. The number of hydrogen-bond donors (Lipinski definition) is 3. The molecule has 6 nitrogen and oxygen atoms in total. The largest absolute Gasteiger partial charge is 0.480 e. The van der Waals surface area contributed by atoms with Crippen molar-refractivity contribution in [1.29, 1.82) is 0 Å². The van der Waals surface area contributed by atoms with Crippen LogP contribution in [-0.4, -0.2) is 40.4 Å². The van der Waals surface area contributed by atoms with Crippen molar-refractivity contribution in [3.8, 4) is 0 Å². The zero-order valence-corrected chi connectivity index (χ0v) is 13.7. The molecule has 1 unspecified atom stereocenters. The average molecular weight is 336 g/mol. The van der Waals surface area contributed by atoms with E-state index in [9.17, 15) is 14.4 Å². The fourth-order valence-corrected chi connectivity index (χ4v) is 2.72. The standard InChI is InChI=1S/C16H20N2O4S/c1-10-2-6-12(7-3-10)17-13(19)8-23-9-14(20)18-15(16(21)22)11-4-5-11/h2-3,6-7,11,15H,4-5,8-9H2,1H3,(H,17,19)(H,18,20)(H,21,22). The molecule has 1 fully saturated rings. The molecule has 0 aliphatic heterocycles. The fraction of sp³-hybridized carbons (Fsp3) is 0.438. The summed E-state index contributed by atoms with van der Waals surface area (Å²) in [4.78, 5) is 34.6. The molecular weight excluding hydrogens is 316 g/mol. The first-order chi connectivity index (χ1) is 11.0. The first kappa shape index (κ1) is 17.3. The van der Waals surface area contributed by atoms with Crippen LogP contribution in [0.15, 0.2) is 24.3 Å². The first-order valence-electron chi connectivity index (χ1n) is 7.42. The van der Waals surface area contributed by atoms with Crippen LogP contribution in [0, 0.1) is 12.8 Å². The number of anilines is 1. The summed E-state index contributed by atoms with van der Waals surface area (Å²) in [6, 6.07) is 6.64. The lowest BCUT2D eigenvalue weighted by molar-refractivity contribution is -0.142. The molecule has 7 heteroatoms. The molecule has 1 aliphatic rings. The summed E-state index contributed by atoms with van der Waals surface area (Å²) < 4.78 is 0. The van der Waals surface area contributed by atoms with E-state index in [1.807, 2.05) is 31.2 Å². The van der Waals surface area contributed by atoms with Crippen molar-refractivity contribution in [2.24, 2.45) is 5.92 Å². The number of carbonyl (C=O) groups excluding carboxylic acids is 2. The Morgan fingerprint density at radius 1 is 1.17 bits per heavy atom. The smallest absolute Gasteiger partial charge is 0.326 e. The summed E-state index contributed by atoms with van der Waals surface area (Å²) in [7, 11) is 0. The van der Waals surface area contributed by atoms with Gasteiger partial charge in [0.1, 0.15) is 6.04 Å². The summed E-state index contributed by atoms with van der Waals surface area (Å²) in [6.07, 6.45) is 1.67. The fourth-order valence-electron chi connectivity index (χ4n) is 2.10. The second-order valence-corrected chi connectivity index (χ2v) is 6.61. The van der Waals surface area contributed by atoms with Crippen LogP contribution in [0.5, 0.6) is 0 Å². The van der Waals surface area contributed by atoms with Gasteiger partial charge in [0.05, 0.1) is 11.5 Å². The van der Waals surface area contributed by atoms with Gasteiger partial charge in [0, 0.05) is 5.69 Å². The molecule has 0 aromatic heterocycles. The van der Waals surface area contributed by atoms with Crippen LogP contribution in [-0.2, 0) is 14.4 Å². The SMILES string of the molecule is Cc1ccc(NC(=O)CSCC(=O)NC(C(=O)O)C2CC2)cc1. The Balaban J connectivity index is 1.67. The highest BCUT2D eigenvalue weighted by atomic mass is 32.2. The van der Waals surface area contributed by atoms with E-state index >= 15 is 0 Å². The van der Waals surface area contributed by atoms with Crippen molar-refractivity contribution in [2.45, 2.75) is 25.8 Å². The molecule has 1 aromatic carbocycles. The Hall–Kier alpha value is -2.02. The van der Waals surface area contributed by atoms with E-state index in [1.54, 1.807) is 0 Å². The lowest BCUT2D eigenvalue weighted by atomic mass is 10.2. The zero-order valence-electron chi connectivity index (χ0n) is 12.9. The molecule has 0 heterocycles. The molecule has 23 heavy (non-hydrogen) atoms. The van der Waals surface area contributed by atoms with Crippen molar-refractivity contribution in [3.05, 3.63) is 29.8 Å². The van der Waals surface area contributed by atoms with Gasteiger partial charge in [0.25, 0.3) is 0 Å². The average Bonchev–Trinajstić information content (AvgIpc) is 3.31. The maximum absolute atomic E-state index is 11.8. The van der Waals surface area contributed by atoms with Gasteiger partial charge < -0.3 is 15.7 Å². The van der Waals surface area contributed by atoms with Crippen molar-refractivity contribution < 1.29 is 19.5 Å². The number of hydrogen-bond acceptors (Lipinski definition) is 4. The summed E-state index contributed by atoms with van der Waals surface area (Å²) in [5.74, 6) is -1.28. The maximum Gasteiger partial charge on any atom is 0.326 e. The number of nitrogens with one attached hydrogen (secondary N) is 2. The number of aliphatic carboxylic acids is 1. The molecule has 0 saturated heterocycles. The molecule has 1 atom stereocenters. The number of aryl methyl sites for hydroxylation is 1. The molecule has 2 amide bonds. The second-order valence-electron chi connectivity index (χ2n) is 5.63. The van der Waals surface area contributed by atoms with Gasteiger partial charge in [-0.25, -0.2) is 4.79 Å². The van der Waals surface area contributed by atoms with Crippen LogP contribution in [0.25, 0.3) is 0 Å². The molecule has 1 aromatic rings. The summed E-state index contributed by atoms with van der Waals surface area (Å²) in [5, 5.41) is 14.3. The third kappa shape index (κ3) is 5.94. The minimum atomic E-state index is -0.997. The van der Waals surface area contributed by atoms with Crippen molar-refractivity contribution in [3.63, 3.8) is 0 Å². The molecule has 0 radical (unpaired) electrons. The number of amides is 2. The highest BCUT2D eigenvalue weighted by Crippen LogP contribution is 2.32. The minimum absolute atomic E-state index is 0.0475. The van der Waals surface area contributed by atoms with Gasteiger partial charge in [-0.05, 0) is 37.8 Å². The van der Waals surface area contributed by atoms with E-state index in [1.165, 1.54) is 0 Å². The Kier molecular flexibility index (Phi) is 6.04. The van der Waals surface area contributed by atoms with E-state index in [4.69, 9.17) is 5.11 Å². The second kappa shape index (κ2) is 8.01. The van der Waals surface area contributed by atoms with Gasteiger partial charge in [-0.15, -0.1) is 11.8 Å². The molecule has 3 N–H and O–H groups in total. The molecular formula is C16H20N2O4S. The third-order valence-electron chi connectivity index (χ3n) is 3.48. The minimum Gasteiger partial charge on any atom is -0.480 e. The monoisotopic (exact) mass is 336 g/mol. The molecule has 2 rings (SSSR count). The molecule has 1 saturated carbocycles. The van der Waals surface area contributed by atoms with E-state index in [-0.39, 0.29) is 29.2 Å². The van der Waals surface area contributed by atoms with Gasteiger partial charge in [0.15, 0.2) is 0 Å². The molecule has 0 bridgehead atoms. The number of carbonyl (C=O) groups is 3. The van der Waals surface area contributed by atoms with Crippen LogP contribution in [0.4, 0.5) is 5.69 Å². The maximum atomic E-state index is 11.8. The Bertz CT molecular complexity index is 584. The van der Waals surface area contributed by atoms with Crippen molar-refractivity contribution in [1.82, 2.24) is 5.32 Å². The van der Waals surface area contributed by atoms with Crippen molar-refractivity contribution in [2.75, 3.05) is 16.8 Å². The van der Waals surface area contributed by atoms with Crippen LogP contribution < -0.4 is 10.6 Å². The summed E-state index contributed by atoms with van der Waals surface area (Å²) >= 11 is 1.16. The highest BCUT2D eigenvalue weighted by molar-refractivity contribution is 8.00. The Morgan fingerprint density at radius 3 is 2.35 bits per heavy atom. The van der Waals surface area contributed by atoms with Crippen LogP contribution >= 0.6 is 11.8 Å². The number of benzene rings is 1. The van der Waals surface area contributed by atoms with E-state index in [2.05, 4.69) is 10.6 Å². The van der Waals surface area contributed by atoms with E-state index in [0.717, 1.165) is 30.2 Å².